The second kappa shape index (κ2) is 9.82. The standard InChI is InChI=1S/C24H28N4O4/c1-32-18-8-6-16(7-9-18)15-28-12-10-17(11-13-28)25-22(29)14-21-24(31)26-20-5-3-2-4-19(20)23(30)27-21/h2-9,17,21H,10-15H2,1H3,(H,25,29)(H,26,31)(H,27,30)/t21-/m1/s1. The summed E-state index contributed by atoms with van der Waals surface area (Å²) < 4.78 is 5.20. The van der Waals surface area contributed by atoms with Crippen molar-refractivity contribution in [3.8, 4) is 5.75 Å². The molecule has 0 spiro atoms. The molecule has 168 valence electrons. The molecule has 4 rings (SSSR count). The molecule has 0 aliphatic carbocycles. The number of nitrogens with zero attached hydrogens (tertiary/aromatic N) is 1. The Morgan fingerprint density at radius 3 is 2.53 bits per heavy atom. The number of benzene rings is 2. The molecule has 0 saturated carbocycles. The van der Waals surface area contributed by atoms with E-state index in [9.17, 15) is 14.4 Å². The number of anilines is 1. The van der Waals surface area contributed by atoms with Crippen molar-refractivity contribution >= 4 is 23.4 Å². The van der Waals surface area contributed by atoms with Crippen LogP contribution in [-0.4, -0.2) is 54.9 Å². The van der Waals surface area contributed by atoms with Crippen LogP contribution in [0, 0.1) is 0 Å². The normalized spacial score (nSPS) is 19.3. The van der Waals surface area contributed by atoms with Gasteiger partial charge in [0, 0.05) is 25.7 Å². The molecule has 1 saturated heterocycles. The minimum Gasteiger partial charge on any atom is -0.497 e. The molecule has 8 heteroatoms. The van der Waals surface area contributed by atoms with Gasteiger partial charge in [-0.2, -0.15) is 0 Å². The molecule has 0 radical (unpaired) electrons. The van der Waals surface area contributed by atoms with E-state index < -0.39 is 6.04 Å². The molecule has 3 amide bonds. The number of methoxy groups -OCH3 is 1. The zero-order chi connectivity index (χ0) is 22.5. The van der Waals surface area contributed by atoms with Crippen LogP contribution in [0.1, 0.15) is 35.2 Å². The van der Waals surface area contributed by atoms with Gasteiger partial charge in [-0.25, -0.2) is 0 Å². The fourth-order valence-electron chi connectivity index (χ4n) is 4.15. The first-order chi connectivity index (χ1) is 15.5. The predicted molar refractivity (Wildman–Crippen MR) is 120 cm³/mol. The van der Waals surface area contributed by atoms with Crippen molar-refractivity contribution in [1.82, 2.24) is 15.5 Å². The zero-order valence-electron chi connectivity index (χ0n) is 18.1. The van der Waals surface area contributed by atoms with E-state index >= 15 is 0 Å². The van der Waals surface area contributed by atoms with Gasteiger partial charge < -0.3 is 20.7 Å². The molecule has 8 nitrogen and oxygen atoms in total. The molecule has 2 aliphatic rings. The molecule has 2 aromatic rings. The maximum absolute atomic E-state index is 12.6. The van der Waals surface area contributed by atoms with Gasteiger partial charge in [0.05, 0.1) is 24.8 Å². The number of ether oxygens (including phenoxy) is 1. The fraction of sp³-hybridized carbons (Fsp3) is 0.375. The summed E-state index contributed by atoms with van der Waals surface area (Å²) in [5.74, 6) is -0.126. The smallest absolute Gasteiger partial charge is 0.254 e. The number of para-hydroxylation sites is 1. The van der Waals surface area contributed by atoms with Gasteiger partial charge in [0.15, 0.2) is 0 Å². The van der Waals surface area contributed by atoms with Crippen LogP contribution >= 0.6 is 0 Å². The van der Waals surface area contributed by atoms with Gasteiger partial charge >= 0.3 is 0 Å². The summed E-state index contributed by atoms with van der Waals surface area (Å²) in [6.07, 6.45) is 1.60. The summed E-state index contributed by atoms with van der Waals surface area (Å²) >= 11 is 0. The fourth-order valence-corrected chi connectivity index (χ4v) is 4.15. The Labute approximate surface area is 187 Å². The van der Waals surface area contributed by atoms with Crippen LogP contribution < -0.4 is 20.7 Å². The lowest BCUT2D eigenvalue weighted by Gasteiger charge is -2.32. The molecule has 2 heterocycles. The first-order valence-corrected chi connectivity index (χ1v) is 10.9. The summed E-state index contributed by atoms with van der Waals surface area (Å²) in [7, 11) is 1.66. The molecular weight excluding hydrogens is 408 g/mol. The highest BCUT2D eigenvalue weighted by atomic mass is 16.5. The third kappa shape index (κ3) is 5.26. The van der Waals surface area contributed by atoms with E-state index in [1.165, 1.54) is 5.56 Å². The van der Waals surface area contributed by atoms with Gasteiger partial charge in [0.2, 0.25) is 11.8 Å². The van der Waals surface area contributed by atoms with E-state index in [0.29, 0.717) is 11.3 Å². The van der Waals surface area contributed by atoms with Crippen molar-refractivity contribution in [3.63, 3.8) is 0 Å². The number of piperidine rings is 1. The highest BCUT2D eigenvalue weighted by Gasteiger charge is 2.30. The predicted octanol–water partition coefficient (Wildman–Crippen LogP) is 1.92. The molecule has 3 N–H and O–H groups in total. The number of hydrogen-bond donors (Lipinski definition) is 3. The molecule has 0 aromatic heterocycles. The SMILES string of the molecule is COc1ccc(CN2CCC(NC(=O)C[C@H]3NC(=O)c4ccccc4NC3=O)CC2)cc1. The minimum absolute atomic E-state index is 0.0661. The van der Waals surface area contributed by atoms with Gasteiger partial charge in [-0.05, 0) is 42.7 Å². The van der Waals surface area contributed by atoms with Crippen LogP contribution in [0.2, 0.25) is 0 Å². The van der Waals surface area contributed by atoms with E-state index in [2.05, 4.69) is 33.0 Å². The lowest BCUT2D eigenvalue weighted by atomic mass is 10.0. The molecule has 0 unspecified atom stereocenters. The Morgan fingerprint density at radius 1 is 1.09 bits per heavy atom. The zero-order valence-corrected chi connectivity index (χ0v) is 18.1. The van der Waals surface area contributed by atoms with Crippen molar-refractivity contribution in [1.29, 1.82) is 0 Å². The van der Waals surface area contributed by atoms with Crippen molar-refractivity contribution in [3.05, 3.63) is 59.7 Å². The molecule has 0 bridgehead atoms. The summed E-state index contributed by atoms with van der Waals surface area (Å²) in [4.78, 5) is 39.8. The Morgan fingerprint density at radius 2 is 1.81 bits per heavy atom. The number of carbonyl (C=O) groups is 3. The van der Waals surface area contributed by atoms with Gasteiger partial charge in [0.1, 0.15) is 11.8 Å². The van der Waals surface area contributed by atoms with Gasteiger partial charge in [-0.3, -0.25) is 19.3 Å². The highest BCUT2D eigenvalue weighted by molar-refractivity contribution is 6.10. The number of nitrogens with one attached hydrogen (secondary N) is 3. The Balaban J connectivity index is 1.24. The average molecular weight is 437 g/mol. The van der Waals surface area contributed by atoms with Crippen LogP contribution in [0.5, 0.6) is 5.75 Å². The second-order valence-corrected chi connectivity index (χ2v) is 8.23. The molecule has 32 heavy (non-hydrogen) atoms. The number of carbonyl (C=O) groups excluding carboxylic acids is 3. The first-order valence-electron chi connectivity index (χ1n) is 10.9. The first kappa shape index (κ1) is 21.8. The number of amides is 3. The quantitative estimate of drug-likeness (QED) is 0.643. The summed E-state index contributed by atoms with van der Waals surface area (Å²) in [6.45, 7) is 2.62. The summed E-state index contributed by atoms with van der Waals surface area (Å²) in [5, 5.41) is 8.43. The molecule has 2 aliphatic heterocycles. The van der Waals surface area contributed by atoms with Crippen LogP contribution in [0.25, 0.3) is 0 Å². The Kier molecular flexibility index (Phi) is 6.70. The molecule has 2 aromatic carbocycles. The van der Waals surface area contributed by atoms with E-state index in [1.54, 1.807) is 31.4 Å². The third-order valence-corrected chi connectivity index (χ3v) is 5.96. The van der Waals surface area contributed by atoms with Crippen molar-refractivity contribution in [2.45, 2.75) is 37.9 Å². The number of rotatable bonds is 6. The van der Waals surface area contributed by atoms with Gasteiger partial charge in [0.25, 0.3) is 5.91 Å². The van der Waals surface area contributed by atoms with E-state index in [0.717, 1.165) is 38.2 Å². The van der Waals surface area contributed by atoms with Crippen molar-refractivity contribution in [2.24, 2.45) is 0 Å². The van der Waals surface area contributed by atoms with Crippen molar-refractivity contribution in [2.75, 3.05) is 25.5 Å². The lowest BCUT2D eigenvalue weighted by molar-refractivity contribution is -0.126. The monoisotopic (exact) mass is 436 g/mol. The van der Waals surface area contributed by atoms with Crippen LogP contribution in [0.4, 0.5) is 5.69 Å². The average Bonchev–Trinajstić information content (AvgIpc) is 2.91. The summed E-state index contributed by atoms with van der Waals surface area (Å²) in [6, 6.07) is 14.0. The molecule has 1 fully saturated rings. The van der Waals surface area contributed by atoms with Crippen LogP contribution in [0.15, 0.2) is 48.5 Å². The maximum atomic E-state index is 12.6. The Hall–Kier alpha value is -3.39. The highest BCUT2D eigenvalue weighted by Crippen LogP contribution is 2.20. The second-order valence-electron chi connectivity index (χ2n) is 8.23. The maximum Gasteiger partial charge on any atom is 0.254 e. The van der Waals surface area contributed by atoms with Crippen LogP contribution in [-0.2, 0) is 16.1 Å². The van der Waals surface area contributed by atoms with E-state index in [1.807, 2.05) is 12.1 Å². The molecular formula is C24H28N4O4. The van der Waals surface area contributed by atoms with E-state index in [-0.39, 0.29) is 30.2 Å². The number of likely N-dealkylation sites (tertiary alicyclic amines) is 1. The van der Waals surface area contributed by atoms with E-state index in [4.69, 9.17) is 4.74 Å². The minimum atomic E-state index is -0.898. The number of hydrogen-bond acceptors (Lipinski definition) is 5. The van der Waals surface area contributed by atoms with Crippen LogP contribution in [0.3, 0.4) is 0 Å². The topological polar surface area (TPSA) is 99.8 Å². The van der Waals surface area contributed by atoms with Gasteiger partial charge in [-0.1, -0.05) is 24.3 Å². The number of fused-ring (bicyclic) bond motifs is 1. The van der Waals surface area contributed by atoms with Gasteiger partial charge in [-0.15, -0.1) is 0 Å². The Bertz CT molecular complexity index is 984. The third-order valence-electron chi connectivity index (χ3n) is 5.96. The largest absolute Gasteiger partial charge is 0.497 e. The van der Waals surface area contributed by atoms with Crippen molar-refractivity contribution < 1.29 is 19.1 Å². The molecule has 1 atom stereocenters. The summed E-state index contributed by atoms with van der Waals surface area (Å²) in [5.41, 5.74) is 2.08. The lowest BCUT2D eigenvalue weighted by Crippen LogP contribution is -2.48.